The number of aryl methyl sites for hydroxylation is 2. The number of hydrogen-bond acceptors (Lipinski definition) is 3. The van der Waals surface area contributed by atoms with E-state index in [2.05, 4.69) is 9.55 Å². The molecule has 0 spiro atoms. The Hall–Kier alpha value is -2.37. The molecule has 2 heterocycles. The molecule has 2 amide bonds. The van der Waals surface area contributed by atoms with Crippen LogP contribution >= 0.6 is 0 Å². The van der Waals surface area contributed by atoms with Gasteiger partial charge >= 0.3 is 0 Å². The molecule has 1 aromatic carbocycles. The van der Waals surface area contributed by atoms with Crippen LogP contribution in [-0.4, -0.2) is 57.3 Å². The van der Waals surface area contributed by atoms with Crippen LogP contribution in [0.2, 0.25) is 0 Å². The number of carbonyl (C=O) groups excluding carboxylic acids is 2. The summed E-state index contributed by atoms with van der Waals surface area (Å²) in [6.45, 7) is 4.60. The van der Waals surface area contributed by atoms with Gasteiger partial charge in [-0.2, -0.15) is 0 Å². The molecule has 0 unspecified atom stereocenters. The quantitative estimate of drug-likeness (QED) is 0.846. The molecule has 2 aliphatic rings. The first kappa shape index (κ1) is 17.1. The van der Waals surface area contributed by atoms with Gasteiger partial charge < -0.3 is 14.4 Å². The standard InChI is InChI=1S/C20H26N4O2/c1-14-21-17-12-15(6-7-18(17)22(14)2)13-19(25)23-8-10-24(11-9-23)20(26)16-4-3-5-16/h6-7,12,16H,3-5,8-11,13H2,1-2H3. The van der Waals surface area contributed by atoms with Crippen LogP contribution in [0.3, 0.4) is 0 Å². The lowest BCUT2D eigenvalue weighted by Gasteiger charge is -2.38. The Morgan fingerprint density at radius 2 is 1.81 bits per heavy atom. The molecule has 0 bridgehead atoms. The molecule has 1 saturated carbocycles. The average molecular weight is 354 g/mol. The second-order valence-electron chi connectivity index (χ2n) is 7.55. The molecular formula is C20H26N4O2. The lowest BCUT2D eigenvalue weighted by molar-refractivity contribution is -0.143. The van der Waals surface area contributed by atoms with E-state index in [1.165, 1.54) is 6.42 Å². The summed E-state index contributed by atoms with van der Waals surface area (Å²) in [5, 5.41) is 0. The van der Waals surface area contributed by atoms with Crippen molar-refractivity contribution < 1.29 is 9.59 Å². The third-order valence-electron chi connectivity index (χ3n) is 5.92. The van der Waals surface area contributed by atoms with Gasteiger partial charge in [-0.05, 0) is 37.5 Å². The minimum absolute atomic E-state index is 0.132. The van der Waals surface area contributed by atoms with Gasteiger partial charge in [-0.1, -0.05) is 12.5 Å². The fourth-order valence-electron chi connectivity index (χ4n) is 3.85. The molecule has 1 aliphatic heterocycles. The van der Waals surface area contributed by atoms with E-state index in [9.17, 15) is 9.59 Å². The molecular weight excluding hydrogens is 328 g/mol. The van der Waals surface area contributed by atoms with E-state index < -0.39 is 0 Å². The van der Waals surface area contributed by atoms with Crippen molar-refractivity contribution in [3.05, 3.63) is 29.6 Å². The second-order valence-corrected chi connectivity index (χ2v) is 7.55. The number of imidazole rings is 1. The summed E-state index contributed by atoms with van der Waals surface area (Å²) in [6.07, 6.45) is 3.64. The molecule has 2 aromatic rings. The van der Waals surface area contributed by atoms with Gasteiger partial charge in [0.25, 0.3) is 0 Å². The maximum atomic E-state index is 12.7. The summed E-state index contributed by atoms with van der Waals surface area (Å²) in [6, 6.07) is 6.06. The Morgan fingerprint density at radius 3 is 2.46 bits per heavy atom. The minimum atomic E-state index is 0.132. The highest BCUT2D eigenvalue weighted by molar-refractivity contribution is 5.83. The van der Waals surface area contributed by atoms with Crippen LogP contribution in [0, 0.1) is 12.8 Å². The van der Waals surface area contributed by atoms with Crippen molar-refractivity contribution in [3.63, 3.8) is 0 Å². The fraction of sp³-hybridized carbons (Fsp3) is 0.550. The number of rotatable bonds is 3. The molecule has 6 heteroatoms. The maximum absolute atomic E-state index is 12.7. The Balaban J connectivity index is 1.36. The third kappa shape index (κ3) is 3.08. The van der Waals surface area contributed by atoms with Crippen LogP contribution in [0.1, 0.15) is 30.7 Å². The van der Waals surface area contributed by atoms with Crippen molar-refractivity contribution >= 4 is 22.8 Å². The molecule has 26 heavy (non-hydrogen) atoms. The summed E-state index contributed by atoms with van der Waals surface area (Å²) >= 11 is 0. The molecule has 2 fully saturated rings. The molecule has 4 rings (SSSR count). The van der Waals surface area contributed by atoms with Gasteiger partial charge in [0.15, 0.2) is 0 Å². The largest absolute Gasteiger partial charge is 0.339 e. The van der Waals surface area contributed by atoms with Gasteiger partial charge in [0, 0.05) is 39.1 Å². The monoisotopic (exact) mass is 354 g/mol. The van der Waals surface area contributed by atoms with Gasteiger partial charge in [0.2, 0.25) is 11.8 Å². The van der Waals surface area contributed by atoms with Gasteiger partial charge in [0.1, 0.15) is 5.82 Å². The summed E-state index contributed by atoms with van der Waals surface area (Å²) in [5.74, 6) is 1.63. The van der Waals surface area contributed by atoms with Gasteiger partial charge in [-0.3, -0.25) is 9.59 Å². The van der Waals surface area contributed by atoms with E-state index in [0.29, 0.717) is 38.5 Å². The Morgan fingerprint density at radius 1 is 1.12 bits per heavy atom. The summed E-state index contributed by atoms with van der Waals surface area (Å²) in [7, 11) is 2.00. The van der Waals surface area contributed by atoms with Crippen molar-refractivity contribution in [2.75, 3.05) is 26.2 Å². The van der Waals surface area contributed by atoms with Crippen LogP contribution in [-0.2, 0) is 23.1 Å². The lowest BCUT2D eigenvalue weighted by atomic mass is 9.84. The van der Waals surface area contributed by atoms with Crippen molar-refractivity contribution in [3.8, 4) is 0 Å². The number of nitrogens with zero attached hydrogens (tertiary/aromatic N) is 4. The number of piperazine rings is 1. The summed E-state index contributed by atoms with van der Waals surface area (Å²) in [5.41, 5.74) is 3.02. The lowest BCUT2D eigenvalue weighted by Crippen LogP contribution is -2.52. The zero-order valence-electron chi connectivity index (χ0n) is 15.6. The predicted molar refractivity (Wildman–Crippen MR) is 99.7 cm³/mol. The van der Waals surface area contributed by atoms with E-state index >= 15 is 0 Å². The van der Waals surface area contributed by atoms with Crippen molar-refractivity contribution in [1.82, 2.24) is 19.4 Å². The molecule has 1 saturated heterocycles. The topological polar surface area (TPSA) is 58.4 Å². The highest BCUT2D eigenvalue weighted by Crippen LogP contribution is 2.28. The van der Waals surface area contributed by atoms with Crippen molar-refractivity contribution in [1.29, 1.82) is 0 Å². The zero-order chi connectivity index (χ0) is 18.3. The normalized spacial score (nSPS) is 18.2. The van der Waals surface area contributed by atoms with E-state index in [0.717, 1.165) is 35.3 Å². The minimum Gasteiger partial charge on any atom is -0.339 e. The number of fused-ring (bicyclic) bond motifs is 1. The van der Waals surface area contributed by atoms with E-state index in [4.69, 9.17) is 0 Å². The SMILES string of the molecule is Cc1nc2cc(CC(=O)N3CCN(C(=O)C4CCC4)CC3)ccc2n1C. The Bertz CT molecular complexity index is 845. The van der Waals surface area contributed by atoms with E-state index in [-0.39, 0.29) is 11.8 Å². The fourth-order valence-corrected chi connectivity index (χ4v) is 3.85. The summed E-state index contributed by atoms with van der Waals surface area (Å²) in [4.78, 5) is 33.3. The Labute approximate surface area is 153 Å². The third-order valence-corrected chi connectivity index (χ3v) is 5.92. The van der Waals surface area contributed by atoms with E-state index in [1.807, 2.05) is 42.0 Å². The number of amides is 2. The molecule has 1 aromatic heterocycles. The van der Waals surface area contributed by atoms with E-state index in [1.54, 1.807) is 0 Å². The average Bonchev–Trinajstić information content (AvgIpc) is 2.87. The van der Waals surface area contributed by atoms with Crippen LogP contribution in [0.4, 0.5) is 0 Å². The van der Waals surface area contributed by atoms with Crippen LogP contribution in [0.25, 0.3) is 11.0 Å². The molecule has 0 N–H and O–H groups in total. The van der Waals surface area contributed by atoms with Crippen LogP contribution in [0.5, 0.6) is 0 Å². The van der Waals surface area contributed by atoms with Gasteiger partial charge in [0.05, 0.1) is 17.5 Å². The number of aromatic nitrogens is 2. The van der Waals surface area contributed by atoms with Gasteiger partial charge in [-0.25, -0.2) is 4.98 Å². The maximum Gasteiger partial charge on any atom is 0.227 e. The van der Waals surface area contributed by atoms with Crippen LogP contribution < -0.4 is 0 Å². The number of hydrogen-bond donors (Lipinski definition) is 0. The van der Waals surface area contributed by atoms with Crippen molar-refractivity contribution in [2.45, 2.75) is 32.6 Å². The molecule has 138 valence electrons. The molecule has 0 radical (unpaired) electrons. The summed E-state index contributed by atoms with van der Waals surface area (Å²) < 4.78 is 2.05. The van der Waals surface area contributed by atoms with Crippen molar-refractivity contribution in [2.24, 2.45) is 13.0 Å². The zero-order valence-corrected chi connectivity index (χ0v) is 15.6. The Kier molecular flexibility index (Phi) is 4.42. The molecule has 1 aliphatic carbocycles. The number of carbonyl (C=O) groups is 2. The first-order valence-corrected chi connectivity index (χ1v) is 9.51. The molecule has 6 nitrogen and oxygen atoms in total. The molecule has 0 atom stereocenters. The number of benzene rings is 1. The first-order chi connectivity index (χ1) is 12.5. The van der Waals surface area contributed by atoms with Gasteiger partial charge in [-0.15, -0.1) is 0 Å². The highest BCUT2D eigenvalue weighted by atomic mass is 16.2. The predicted octanol–water partition coefficient (Wildman–Crippen LogP) is 1.90. The smallest absolute Gasteiger partial charge is 0.227 e. The second kappa shape index (κ2) is 6.74. The first-order valence-electron chi connectivity index (χ1n) is 9.51. The highest BCUT2D eigenvalue weighted by Gasteiger charge is 2.31. The van der Waals surface area contributed by atoms with Crippen LogP contribution in [0.15, 0.2) is 18.2 Å².